The lowest BCUT2D eigenvalue weighted by Crippen LogP contribution is -2.58. The van der Waals surface area contributed by atoms with Gasteiger partial charge in [-0.3, -0.25) is 4.79 Å². The molecule has 5 heteroatoms. The van der Waals surface area contributed by atoms with Crippen LogP contribution in [0.5, 0.6) is 5.75 Å². The Labute approximate surface area is 161 Å². The van der Waals surface area contributed by atoms with E-state index in [4.69, 9.17) is 14.6 Å². The standard InChI is InChI=1S/C22H31NO4/c1-14(25)23-20-21(2,3)16-12-18-19(27-9-7-22(18,20)13-16)15-5-4-6-17(11-15)26-10-8-24/h4-6,11,16,18-20,24H,7-10,12-13H2,1-3H3,(H,23,25)/t16-,18-,19-,20-,22-/m1/s1. The van der Waals surface area contributed by atoms with Crippen LogP contribution in [-0.4, -0.2) is 36.9 Å². The average molecular weight is 373 g/mol. The van der Waals surface area contributed by atoms with Crippen molar-refractivity contribution in [3.8, 4) is 5.75 Å². The van der Waals surface area contributed by atoms with E-state index in [0.29, 0.717) is 18.4 Å². The first-order chi connectivity index (χ1) is 12.9. The summed E-state index contributed by atoms with van der Waals surface area (Å²) in [5, 5.41) is 12.3. The molecule has 1 spiro atoms. The molecule has 2 N–H and O–H groups in total. The molecule has 1 aromatic carbocycles. The number of amides is 1. The van der Waals surface area contributed by atoms with E-state index in [9.17, 15) is 4.79 Å². The predicted molar refractivity (Wildman–Crippen MR) is 102 cm³/mol. The predicted octanol–water partition coefficient (Wildman–Crippen LogP) is 3.08. The second kappa shape index (κ2) is 6.78. The van der Waals surface area contributed by atoms with Crippen LogP contribution in [0.2, 0.25) is 0 Å². The average Bonchev–Trinajstić information content (AvgIpc) is 3.12. The van der Waals surface area contributed by atoms with Crippen molar-refractivity contribution >= 4 is 5.91 Å². The first kappa shape index (κ1) is 18.8. The number of nitrogens with one attached hydrogen (secondary N) is 1. The lowest BCUT2D eigenvalue weighted by atomic mass is 9.59. The van der Waals surface area contributed by atoms with E-state index in [0.717, 1.165) is 30.8 Å². The minimum Gasteiger partial charge on any atom is -0.491 e. The van der Waals surface area contributed by atoms with Gasteiger partial charge in [0.2, 0.25) is 5.91 Å². The smallest absolute Gasteiger partial charge is 0.217 e. The van der Waals surface area contributed by atoms with Crippen LogP contribution in [-0.2, 0) is 9.53 Å². The molecule has 0 unspecified atom stereocenters. The number of aliphatic hydroxyl groups excluding tert-OH is 1. The summed E-state index contributed by atoms with van der Waals surface area (Å²) in [5.41, 5.74) is 1.38. The Bertz CT molecular complexity index is 718. The molecule has 2 saturated carbocycles. The summed E-state index contributed by atoms with van der Waals surface area (Å²) < 4.78 is 11.9. The van der Waals surface area contributed by atoms with Crippen LogP contribution in [0.1, 0.15) is 51.7 Å². The highest BCUT2D eigenvalue weighted by molar-refractivity contribution is 5.73. The van der Waals surface area contributed by atoms with Crippen molar-refractivity contribution in [2.24, 2.45) is 22.7 Å². The minimum absolute atomic E-state index is 0.00501. The van der Waals surface area contributed by atoms with E-state index in [2.05, 4.69) is 25.2 Å². The molecule has 1 saturated heterocycles. The molecule has 5 atom stereocenters. The van der Waals surface area contributed by atoms with Crippen LogP contribution in [0, 0.1) is 22.7 Å². The van der Waals surface area contributed by atoms with E-state index in [1.54, 1.807) is 6.92 Å². The number of hydrogen-bond acceptors (Lipinski definition) is 4. The highest BCUT2D eigenvalue weighted by Crippen LogP contribution is 2.70. The minimum atomic E-state index is 0.00501. The van der Waals surface area contributed by atoms with Gasteiger partial charge in [-0.05, 0) is 59.6 Å². The lowest BCUT2D eigenvalue weighted by Gasteiger charge is -2.53. The number of hydrogen-bond donors (Lipinski definition) is 2. The number of fused-ring (bicyclic) bond motifs is 1. The Kier molecular flexibility index (Phi) is 4.71. The summed E-state index contributed by atoms with van der Waals surface area (Å²) in [6, 6.07) is 8.27. The number of carbonyl (C=O) groups excluding carboxylic acids is 1. The van der Waals surface area contributed by atoms with E-state index in [-0.39, 0.29) is 35.5 Å². The zero-order chi connectivity index (χ0) is 19.2. The molecule has 2 aliphatic carbocycles. The molecule has 0 radical (unpaired) electrons. The van der Waals surface area contributed by atoms with Gasteiger partial charge in [0.05, 0.1) is 12.7 Å². The molecule has 27 heavy (non-hydrogen) atoms. The van der Waals surface area contributed by atoms with Gasteiger partial charge in [-0.15, -0.1) is 0 Å². The number of aliphatic hydroxyl groups is 1. The van der Waals surface area contributed by atoms with Gasteiger partial charge < -0.3 is 19.9 Å². The number of ether oxygens (including phenoxy) is 2. The van der Waals surface area contributed by atoms with Gasteiger partial charge in [0, 0.05) is 19.6 Å². The molecule has 2 bridgehead atoms. The number of rotatable bonds is 5. The van der Waals surface area contributed by atoms with Crippen molar-refractivity contribution in [2.75, 3.05) is 19.8 Å². The fourth-order valence-electron chi connectivity index (χ4n) is 6.27. The van der Waals surface area contributed by atoms with Gasteiger partial charge in [-0.25, -0.2) is 0 Å². The second-order valence-corrected chi connectivity index (χ2v) is 9.12. The van der Waals surface area contributed by atoms with Gasteiger partial charge in [0.1, 0.15) is 12.4 Å². The van der Waals surface area contributed by atoms with Crippen LogP contribution in [0.3, 0.4) is 0 Å². The Morgan fingerprint density at radius 3 is 2.96 bits per heavy atom. The maximum Gasteiger partial charge on any atom is 0.217 e. The molecule has 0 aromatic heterocycles. The molecular weight excluding hydrogens is 342 g/mol. The molecule has 1 aromatic rings. The third-order valence-corrected chi connectivity index (χ3v) is 7.40. The highest BCUT2D eigenvalue weighted by Gasteiger charge is 2.68. The van der Waals surface area contributed by atoms with Gasteiger partial charge in [0.15, 0.2) is 0 Å². The van der Waals surface area contributed by atoms with Gasteiger partial charge in [0.25, 0.3) is 0 Å². The highest BCUT2D eigenvalue weighted by atomic mass is 16.5. The maximum atomic E-state index is 12.0. The van der Waals surface area contributed by atoms with E-state index in [1.807, 2.05) is 18.2 Å². The SMILES string of the molecule is CC(=O)N[C@@H]1C(C)(C)[C@@H]2C[C@@H]3[C@@H](c4cccc(OCCO)c4)OCC[C@@]31C2. The summed E-state index contributed by atoms with van der Waals surface area (Å²) in [4.78, 5) is 12.0. The fraction of sp³-hybridized carbons (Fsp3) is 0.682. The molecule has 1 aliphatic heterocycles. The second-order valence-electron chi connectivity index (χ2n) is 9.12. The summed E-state index contributed by atoms with van der Waals surface area (Å²) in [6.45, 7) is 7.29. The normalized spacial score (nSPS) is 36.3. The van der Waals surface area contributed by atoms with Crippen LogP contribution in [0.25, 0.3) is 0 Å². The topological polar surface area (TPSA) is 67.8 Å². The first-order valence-electron chi connectivity index (χ1n) is 10.1. The van der Waals surface area contributed by atoms with Crippen LogP contribution >= 0.6 is 0 Å². The van der Waals surface area contributed by atoms with Gasteiger partial charge in [-0.2, -0.15) is 0 Å². The van der Waals surface area contributed by atoms with Crippen LogP contribution in [0.4, 0.5) is 0 Å². The Morgan fingerprint density at radius 2 is 2.22 bits per heavy atom. The fourth-order valence-corrected chi connectivity index (χ4v) is 6.27. The zero-order valence-electron chi connectivity index (χ0n) is 16.5. The molecule has 1 amide bonds. The van der Waals surface area contributed by atoms with Crippen molar-refractivity contribution in [3.05, 3.63) is 29.8 Å². The van der Waals surface area contributed by atoms with E-state index < -0.39 is 0 Å². The monoisotopic (exact) mass is 373 g/mol. The van der Waals surface area contributed by atoms with E-state index in [1.165, 1.54) is 6.42 Å². The van der Waals surface area contributed by atoms with Crippen molar-refractivity contribution in [1.82, 2.24) is 5.32 Å². The summed E-state index contributed by atoms with van der Waals surface area (Å²) in [6.07, 6.45) is 3.37. The molecule has 4 rings (SSSR count). The third kappa shape index (κ3) is 2.95. The van der Waals surface area contributed by atoms with E-state index >= 15 is 0 Å². The summed E-state index contributed by atoms with van der Waals surface area (Å²) >= 11 is 0. The van der Waals surface area contributed by atoms with Crippen LogP contribution in [0.15, 0.2) is 24.3 Å². The molecule has 148 valence electrons. The summed E-state index contributed by atoms with van der Waals surface area (Å²) in [7, 11) is 0. The summed E-state index contributed by atoms with van der Waals surface area (Å²) in [5.74, 6) is 1.86. The van der Waals surface area contributed by atoms with Gasteiger partial charge >= 0.3 is 0 Å². The van der Waals surface area contributed by atoms with Crippen molar-refractivity contribution in [1.29, 1.82) is 0 Å². The van der Waals surface area contributed by atoms with Gasteiger partial charge in [-0.1, -0.05) is 26.0 Å². The van der Waals surface area contributed by atoms with Crippen molar-refractivity contribution in [2.45, 2.75) is 52.2 Å². The Morgan fingerprint density at radius 1 is 1.41 bits per heavy atom. The molecule has 3 fully saturated rings. The Balaban J connectivity index is 1.64. The number of benzene rings is 1. The molecule has 5 nitrogen and oxygen atoms in total. The zero-order valence-corrected chi connectivity index (χ0v) is 16.5. The molecule has 3 aliphatic rings. The Hall–Kier alpha value is -1.59. The van der Waals surface area contributed by atoms with Crippen molar-refractivity contribution in [3.63, 3.8) is 0 Å². The van der Waals surface area contributed by atoms with Crippen molar-refractivity contribution < 1.29 is 19.4 Å². The maximum absolute atomic E-state index is 12.0. The molecular formula is C22H31NO4. The quantitative estimate of drug-likeness (QED) is 0.832. The largest absolute Gasteiger partial charge is 0.491 e. The lowest BCUT2D eigenvalue weighted by molar-refractivity contribution is -0.136. The number of carbonyl (C=O) groups is 1. The first-order valence-corrected chi connectivity index (χ1v) is 10.1. The third-order valence-electron chi connectivity index (χ3n) is 7.40. The molecule has 1 heterocycles. The van der Waals surface area contributed by atoms with Crippen LogP contribution < -0.4 is 10.1 Å².